The van der Waals surface area contributed by atoms with Gasteiger partial charge in [-0.05, 0) is 33.5 Å². The van der Waals surface area contributed by atoms with Gasteiger partial charge in [-0.2, -0.15) is 0 Å². The lowest BCUT2D eigenvalue weighted by Crippen LogP contribution is -2.34. The molecule has 0 aliphatic carbocycles. The molecule has 1 aliphatic rings. The fourth-order valence-corrected chi connectivity index (χ4v) is 2.40. The number of carbonyl (C=O) groups is 2. The predicted molar refractivity (Wildman–Crippen MR) is 68.9 cm³/mol. The number of likely N-dealkylation sites (N-methyl/N-ethyl adjacent to an activating group) is 1. The smallest absolute Gasteiger partial charge is 0.256 e. The highest BCUT2D eigenvalue weighted by Gasteiger charge is 2.29. The fraction of sp³-hybridized carbons (Fsp3) is 0.538. The zero-order valence-corrected chi connectivity index (χ0v) is 11.1. The van der Waals surface area contributed by atoms with Crippen LogP contribution in [0.5, 0.6) is 0 Å². The van der Waals surface area contributed by atoms with Gasteiger partial charge in [-0.1, -0.05) is 0 Å². The monoisotopic (exact) mass is 249 g/mol. The Balaban J connectivity index is 2.15. The lowest BCUT2D eigenvalue weighted by Gasteiger charge is -2.20. The van der Waals surface area contributed by atoms with Gasteiger partial charge in [0.1, 0.15) is 0 Å². The van der Waals surface area contributed by atoms with Crippen LogP contribution >= 0.6 is 0 Å². The number of nitrogens with zero attached hydrogens (tertiary/aromatic N) is 2. The molecule has 2 rings (SSSR count). The van der Waals surface area contributed by atoms with Crippen LogP contribution in [-0.2, 0) is 0 Å². The Kier molecular flexibility index (Phi) is 3.52. The molecule has 1 atom stereocenters. The quantitative estimate of drug-likeness (QED) is 0.810. The number of aromatic amines is 1. The van der Waals surface area contributed by atoms with Crippen molar-refractivity contribution in [2.24, 2.45) is 0 Å². The van der Waals surface area contributed by atoms with Crippen molar-refractivity contribution >= 4 is 12.2 Å². The molecule has 5 heteroatoms. The van der Waals surface area contributed by atoms with Crippen LogP contribution in [0, 0.1) is 6.92 Å². The van der Waals surface area contributed by atoms with Crippen molar-refractivity contribution in [3.63, 3.8) is 0 Å². The molecule has 2 heterocycles. The maximum Gasteiger partial charge on any atom is 0.256 e. The van der Waals surface area contributed by atoms with E-state index in [9.17, 15) is 9.59 Å². The van der Waals surface area contributed by atoms with Crippen LogP contribution in [-0.4, -0.2) is 60.2 Å². The Morgan fingerprint density at radius 3 is 2.83 bits per heavy atom. The van der Waals surface area contributed by atoms with E-state index in [4.69, 9.17) is 0 Å². The Bertz CT molecular complexity index is 465. The fourth-order valence-electron chi connectivity index (χ4n) is 2.40. The summed E-state index contributed by atoms with van der Waals surface area (Å²) < 4.78 is 0. The summed E-state index contributed by atoms with van der Waals surface area (Å²) >= 11 is 0. The minimum absolute atomic E-state index is 0.0502. The first-order valence-electron chi connectivity index (χ1n) is 6.13. The van der Waals surface area contributed by atoms with Gasteiger partial charge in [-0.25, -0.2) is 0 Å². The highest BCUT2D eigenvalue weighted by molar-refractivity contribution is 6.01. The summed E-state index contributed by atoms with van der Waals surface area (Å²) in [6.07, 6.45) is 1.69. The predicted octanol–water partition coefficient (Wildman–Crippen LogP) is 0.912. The topological polar surface area (TPSA) is 56.4 Å². The third-order valence-electron chi connectivity index (χ3n) is 3.51. The van der Waals surface area contributed by atoms with Crippen molar-refractivity contribution in [3.05, 3.63) is 23.0 Å². The minimum Gasteiger partial charge on any atom is -0.356 e. The van der Waals surface area contributed by atoms with Gasteiger partial charge < -0.3 is 14.8 Å². The summed E-state index contributed by atoms with van der Waals surface area (Å²) in [4.78, 5) is 30.1. The van der Waals surface area contributed by atoms with Crippen molar-refractivity contribution in [2.45, 2.75) is 19.4 Å². The van der Waals surface area contributed by atoms with Crippen molar-refractivity contribution in [3.8, 4) is 0 Å². The van der Waals surface area contributed by atoms with Gasteiger partial charge in [0.25, 0.3) is 5.91 Å². The third-order valence-corrected chi connectivity index (χ3v) is 3.51. The Hall–Kier alpha value is -1.62. The van der Waals surface area contributed by atoms with Crippen LogP contribution in [0.4, 0.5) is 0 Å². The summed E-state index contributed by atoms with van der Waals surface area (Å²) in [5, 5.41) is 0. The summed E-state index contributed by atoms with van der Waals surface area (Å²) in [5.41, 5.74) is 1.71. The van der Waals surface area contributed by atoms with Gasteiger partial charge >= 0.3 is 0 Å². The molecule has 1 saturated heterocycles. The molecular weight excluding hydrogens is 230 g/mol. The molecule has 1 amide bonds. The Morgan fingerprint density at radius 2 is 2.28 bits per heavy atom. The van der Waals surface area contributed by atoms with Crippen molar-refractivity contribution in [1.82, 2.24) is 14.8 Å². The van der Waals surface area contributed by atoms with Crippen LogP contribution in [0.1, 0.15) is 33.0 Å². The molecule has 1 N–H and O–H groups in total. The summed E-state index contributed by atoms with van der Waals surface area (Å²) in [5.74, 6) is -0.0502. The molecular formula is C13H19N3O2. The number of likely N-dealkylation sites (tertiary alicyclic amines) is 1. The maximum absolute atomic E-state index is 12.3. The van der Waals surface area contributed by atoms with E-state index < -0.39 is 0 Å². The molecule has 1 aromatic rings. The number of hydrogen-bond acceptors (Lipinski definition) is 3. The van der Waals surface area contributed by atoms with Gasteiger partial charge in [-0.3, -0.25) is 9.59 Å². The molecule has 0 aromatic carbocycles. The zero-order chi connectivity index (χ0) is 13.3. The lowest BCUT2D eigenvalue weighted by molar-refractivity contribution is 0.0780. The molecule has 0 spiro atoms. The summed E-state index contributed by atoms with van der Waals surface area (Å²) in [6, 6.07) is 2.16. The number of aldehydes is 1. The van der Waals surface area contributed by atoms with Crippen LogP contribution < -0.4 is 0 Å². The molecule has 0 saturated carbocycles. The number of amides is 1. The number of hydrogen-bond donors (Lipinski definition) is 1. The summed E-state index contributed by atoms with van der Waals surface area (Å²) in [7, 11) is 4.05. The molecule has 1 unspecified atom stereocenters. The first-order chi connectivity index (χ1) is 8.52. The molecule has 5 nitrogen and oxygen atoms in total. The van der Waals surface area contributed by atoms with Crippen LogP contribution in [0.15, 0.2) is 6.07 Å². The van der Waals surface area contributed by atoms with Crippen molar-refractivity contribution in [1.29, 1.82) is 0 Å². The van der Waals surface area contributed by atoms with Crippen LogP contribution in [0.2, 0.25) is 0 Å². The van der Waals surface area contributed by atoms with Crippen LogP contribution in [0.3, 0.4) is 0 Å². The van der Waals surface area contributed by atoms with E-state index in [1.165, 1.54) is 0 Å². The standard InChI is InChI=1S/C13H19N3O2/c1-9-6-11(12(8-17)14-9)13(18)16-5-4-10(7-16)15(2)3/h6,8,10,14H,4-5,7H2,1-3H3. The largest absolute Gasteiger partial charge is 0.356 e. The van der Waals surface area contributed by atoms with Gasteiger partial charge in [0.05, 0.1) is 11.3 Å². The van der Waals surface area contributed by atoms with Crippen LogP contribution in [0.25, 0.3) is 0 Å². The molecule has 0 bridgehead atoms. The second-order valence-corrected chi connectivity index (χ2v) is 5.05. The lowest BCUT2D eigenvalue weighted by atomic mass is 10.2. The first-order valence-corrected chi connectivity index (χ1v) is 6.13. The van der Waals surface area contributed by atoms with Gasteiger partial charge in [0.15, 0.2) is 6.29 Å². The highest BCUT2D eigenvalue weighted by atomic mass is 16.2. The average molecular weight is 249 g/mol. The normalized spacial score (nSPS) is 19.6. The van der Waals surface area contributed by atoms with Gasteiger partial charge in [0.2, 0.25) is 0 Å². The van der Waals surface area contributed by atoms with Gasteiger partial charge in [0, 0.05) is 24.8 Å². The third kappa shape index (κ3) is 2.31. The average Bonchev–Trinajstić information content (AvgIpc) is 2.94. The first kappa shape index (κ1) is 12.8. The molecule has 0 radical (unpaired) electrons. The van der Waals surface area contributed by atoms with E-state index in [1.54, 1.807) is 6.07 Å². The highest BCUT2D eigenvalue weighted by Crippen LogP contribution is 2.18. The number of aromatic nitrogens is 1. The molecule has 1 aromatic heterocycles. The molecule has 1 fully saturated rings. The van der Waals surface area contributed by atoms with E-state index in [1.807, 2.05) is 25.9 Å². The maximum atomic E-state index is 12.3. The van der Waals surface area contributed by atoms with E-state index in [0.717, 1.165) is 25.2 Å². The number of H-pyrrole nitrogens is 1. The number of nitrogens with one attached hydrogen (secondary N) is 1. The van der Waals surface area contributed by atoms with Gasteiger partial charge in [-0.15, -0.1) is 0 Å². The molecule has 98 valence electrons. The number of rotatable bonds is 3. The SMILES string of the molecule is Cc1cc(C(=O)N2CCC(N(C)C)C2)c(C=O)[nH]1. The second kappa shape index (κ2) is 4.94. The minimum atomic E-state index is -0.0502. The zero-order valence-electron chi connectivity index (χ0n) is 11.1. The number of carbonyl (C=O) groups excluding carboxylic acids is 2. The van der Waals surface area contributed by atoms with Crippen molar-refractivity contribution < 1.29 is 9.59 Å². The Labute approximate surface area is 107 Å². The second-order valence-electron chi connectivity index (χ2n) is 5.05. The van der Waals surface area contributed by atoms with E-state index in [2.05, 4.69) is 9.88 Å². The van der Waals surface area contributed by atoms with E-state index in [-0.39, 0.29) is 5.91 Å². The van der Waals surface area contributed by atoms with E-state index in [0.29, 0.717) is 23.6 Å². The molecule has 18 heavy (non-hydrogen) atoms. The summed E-state index contributed by atoms with van der Waals surface area (Å²) in [6.45, 7) is 3.33. The molecule has 1 aliphatic heterocycles. The Morgan fingerprint density at radius 1 is 1.56 bits per heavy atom. The van der Waals surface area contributed by atoms with E-state index >= 15 is 0 Å². The van der Waals surface area contributed by atoms with Crippen molar-refractivity contribution in [2.75, 3.05) is 27.2 Å². The number of aryl methyl sites for hydroxylation is 1.